The van der Waals surface area contributed by atoms with E-state index in [4.69, 9.17) is 41.6 Å². The first-order valence-corrected chi connectivity index (χ1v) is 21.8. The van der Waals surface area contributed by atoms with E-state index in [2.05, 4.69) is 38.4 Å². The molecule has 0 saturated carbocycles. The quantitative estimate of drug-likeness (QED) is 0.0645. The number of allylic oxidation sites excluding steroid dienone is 18. The van der Waals surface area contributed by atoms with Gasteiger partial charge in [-0.3, -0.25) is 0 Å². The number of hydrogen-bond acceptors (Lipinski definition) is 7. The summed E-state index contributed by atoms with van der Waals surface area (Å²) in [6.07, 6.45) is 36.0. The van der Waals surface area contributed by atoms with Gasteiger partial charge in [-0.25, -0.2) is 15.0 Å². The van der Waals surface area contributed by atoms with Crippen molar-refractivity contribution in [2.24, 2.45) is 0 Å². The third-order valence-electron chi connectivity index (χ3n) is 9.74. The van der Waals surface area contributed by atoms with Crippen LogP contribution in [0.3, 0.4) is 0 Å². The SMILES string of the molecule is [B]\C(=C/C=C\C=C/C)c1nc(C(=C)/C=c2/oc(C(/C=C(C=C)/C(C)=C/c3c(C=C)c(/C=C\C)n(-c4nc(/C=C\C)c(C=BC)o4)c3C=BC)=C/C)n/c2=C/C)nc(C(/C=C\[B]C)=C/C=C)n1. The molecule has 0 atom stereocenters. The molecule has 66 heavy (non-hydrogen) atoms. The van der Waals surface area contributed by atoms with Crippen LogP contribution in [0, 0.1) is 0 Å². The molecular formula is C54H57B4N6O2. The van der Waals surface area contributed by atoms with Gasteiger partial charge in [0.2, 0.25) is 0 Å². The second-order valence-corrected chi connectivity index (χ2v) is 14.4. The van der Waals surface area contributed by atoms with E-state index < -0.39 is 0 Å². The van der Waals surface area contributed by atoms with E-state index in [9.17, 15) is 0 Å². The summed E-state index contributed by atoms with van der Waals surface area (Å²) in [5.41, 5.74) is 8.93. The first kappa shape index (κ1) is 51.4. The Bertz CT molecular complexity index is 2940. The van der Waals surface area contributed by atoms with E-state index in [1.165, 1.54) is 0 Å². The van der Waals surface area contributed by atoms with Crippen LogP contribution < -0.4 is 10.8 Å². The minimum Gasteiger partial charge on any atom is -0.209 e. The second kappa shape index (κ2) is 25.9. The van der Waals surface area contributed by atoms with Crippen molar-refractivity contribution in [3.63, 3.8) is 0 Å². The Labute approximate surface area is 394 Å². The molecule has 0 saturated heterocycles. The van der Waals surface area contributed by atoms with Crippen molar-refractivity contribution in [2.45, 2.75) is 62.0 Å². The van der Waals surface area contributed by atoms with Crippen LogP contribution in [0.5, 0.6) is 0 Å². The Hall–Kier alpha value is -7.19. The maximum absolute atomic E-state index is 6.51. The molecule has 3 radical (unpaired) electrons. The maximum atomic E-state index is 6.51. The zero-order valence-corrected chi connectivity index (χ0v) is 39.8. The van der Waals surface area contributed by atoms with E-state index in [0.717, 1.165) is 50.5 Å². The standard InChI is InChI=1S/C54H57B4N6O2/c1-14-22-23-24-28-43(55)52-62-50(61-51(63-52)40(25-15-2)29-30-56-11)37(10)32-48-44(21-8)59-53(65-48)39(19-6)33-38(18-5)36(9)31-42-41(20-7)46(27-17-4)64(47(42)34-57-12)54-60-45(26-16-3)49(66-54)35-58-13/h14-35H,2,5,7,10H2,1,3-4,6,8-9,11-13H3/b22-14-,24-23-,26-16-,27-17-,30-29-,36-31+,38-33+,39-19+,40-25+,43-28-,44-21+,48-32+. The Morgan fingerprint density at radius 1 is 0.758 bits per heavy atom. The monoisotopic (exact) mass is 865 g/mol. The van der Waals surface area contributed by atoms with Crippen molar-refractivity contribution >= 4 is 99.5 Å². The molecule has 4 rings (SSSR count). The number of aromatic nitrogens is 6. The van der Waals surface area contributed by atoms with Crippen molar-refractivity contribution in [2.75, 3.05) is 0 Å². The summed E-state index contributed by atoms with van der Waals surface area (Å²) in [5.74, 6) is 7.96. The molecule has 4 aromatic heterocycles. The Kier molecular flexibility index (Phi) is 20.2. The van der Waals surface area contributed by atoms with Crippen LogP contribution in [0.1, 0.15) is 98.9 Å². The summed E-state index contributed by atoms with van der Waals surface area (Å²) < 4.78 is 14.9. The molecule has 0 aromatic carbocycles. The van der Waals surface area contributed by atoms with Gasteiger partial charge in [0.15, 0.2) is 11.6 Å². The third kappa shape index (κ3) is 12.7. The molecule has 0 aliphatic carbocycles. The topological polar surface area (TPSA) is 95.7 Å². The molecular weight excluding hydrogens is 808 g/mol. The fraction of sp³-hybridized carbons (Fsp3) is 0.167. The van der Waals surface area contributed by atoms with Crippen LogP contribution in [0.2, 0.25) is 20.5 Å². The molecule has 8 nitrogen and oxygen atoms in total. The van der Waals surface area contributed by atoms with Gasteiger partial charge in [-0.1, -0.05) is 74.1 Å². The van der Waals surface area contributed by atoms with Crippen LogP contribution in [0.25, 0.3) is 64.7 Å². The Morgan fingerprint density at radius 2 is 1.48 bits per heavy atom. The summed E-state index contributed by atoms with van der Waals surface area (Å²) in [5, 5.41) is 0.620. The molecule has 0 amide bonds. The number of rotatable bonds is 20. The summed E-state index contributed by atoms with van der Waals surface area (Å²) >= 11 is 0. The van der Waals surface area contributed by atoms with Crippen LogP contribution in [-0.4, -0.2) is 70.4 Å². The van der Waals surface area contributed by atoms with Gasteiger partial charge in [-0.2, -0.15) is 0 Å². The average molecular weight is 865 g/mol. The third-order valence-corrected chi connectivity index (χ3v) is 9.74. The van der Waals surface area contributed by atoms with E-state index in [1.54, 1.807) is 18.2 Å². The second-order valence-electron chi connectivity index (χ2n) is 14.4. The van der Waals surface area contributed by atoms with Crippen molar-refractivity contribution in [3.05, 3.63) is 191 Å². The molecule has 0 fully saturated rings. The molecule has 0 bridgehead atoms. The normalized spacial score (nSPS) is 14.1. The predicted octanol–water partition coefficient (Wildman–Crippen LogP) is 10.5. The Balaban J connectivity index is 1.88. The van der Waals surface area contributed by atoms with Gasteiger partial charge >= 0.3 is 244 Å². The van der Waals surface area contributed by atoms with Crippen molar-refractivity contribution in [1.29, 1.82) is 0 Å². The molecule has 0 aliphatic heterocycles. The van der Waals surface area contributed by atoms with Crippen LogP contribution >= 0.6 is 0 Å². The smallest absolute Gasteiger partial charge is 0.209 e. The van der Waals surface area contributed by atoms with Gasteiger partial charge in [0.1, 0.15) is 21.0 Å². The molecule has 0 unspecified atom stereocenters. The van der Waals surface area contributed by atoms with Gasteiger partial charge in [0.05, 0.1) is 0 Å². The van der Waals surface area contributed by atoms with Crippen LogP contribution in [-0.2, 0) is 0 Å². The molecule has 12 heteroatoms. The van der Waals surface area contributed by atoms with E-state index in [-0.39, 0.29) is 0 Å². The van der Waals surface area contributed by atoms with Gasteiger partial charge in [-0.15, -0.1) is 5.98 Å². The minimum absolute atomic E-state index is 0.295. The summed E-state index contributed by atoms with van der Waals surface area (Å²) in [6, 6.07) is 0.443. The fourth-order valence-electron chi connectivity index (χ4n) is 6.63. The fourth-order valence-corrected chi connectivity index (χ4v) is 6.63. The number of nitrogens with zero attached hydrogens (tertiary/aromatic N) is 6. The van der Waals surface area contributed by atoms with E-state index >= 15 is 0 Å². The van der Waals surface area contributed by atoms with Gasteiger partial charge < -0.3 is 0 Å². The van der Waals surface area contributed by atoms with E-state index in [0.29, 0.717) is 56.9 Å². The number of hydrogen-bond donors (Lipinski definition) is 0. The van der Waals surface area contributed by atoms with Gasteiger partial charge in [-0.05, 0) is 13.8 Å². The summed E-state index contributed by atoms with van der Waals surface area (Å²) in [4.78, 5) is 24.1. The Morgan fingerprint density at radius 3 is 2.11 bits per heavy atom. The van der Waals surface area contributed by atoms with E-state index in [1.807, 2.05) is 191 Å². The summed E-state index contributed by atoms with van der Waals surface area (Å²) in [6.45, 7) is 38.2. The molecule has 327 valence electrons. The van der Waals surface area contributed by atoms with Crippen molar-refractivity contribution in [1.82, 2.24) is 29.5 Å². The predicted molar refractivity (Wildman–Crippen MR) is 290 cm³/mol. The molecule has 0 spiro atoms. The number of oxazole rings is 2. The van der Waals surface area contributed by atoms with Crippen molar-refractivity contribution in [3.8, 4) is 6.01 Å². The average Bonchev–Trinajstić information content (AvgIpc) is 3.99. The molecule has 4 aromatic rings. The van der Waals surface area contributed by atoms with Gasteiger partial charge in [0, 0.05) is 11.1 Å². The van der Waals surface area contributed by atoms with Gasteiger partial charge in [0.25, 0.3) is 0 Å². The molecule has 0 aliphatic rings. The zero-order chi connectivity index (χ0) is 48.2. The summed E-state index contributed by atoms with van der Waals surface area (Å²) in [7, 11) is 8.43. The minimum atomic E-state index is 0.295. The molecule has 0 N–H and O–H groups in total. The first-order chi connectivity index (χ1) is 32.0. The van der Waals surface area contributed by atoms with Crippen LogP contribution in [0.15, 0.2) is 131 Å². The van der Waals surface area contributed by atoms with Crippen molar-refractivity contribution < 1.29 is 8.83 Å². The zero-order valence-electron chi connectivity index (χ0n) is 39.8. The van der Waals surface area contributed by atoms with Crippen LogP contribution in [0.4, 0.5) is 0 Å². The molecule has 4 heterocycles. The first-order valence-electron chi connectivity index (χ1n) is 21.8.